The van der Waals surface area contributed by atoms with Gasteiger partial charge in [0, 0.05) is 25.0 Å². The second-order valence-corrected chi connectivity index (χ2v) is 5.47. The summed E-state index contributed by atoms with van der Waals surface area (Å²) in [6.07, 6.45) is 2.62. The minimum absolute atomic E-state index is 0.541. The molecule has 0 aliphatic rings. The average Bonchev–Trinajstić information content (AvgIpc) is 2.38. The van der Waals surface area contributed by atoms with E-state index < -0.39 is 0 Å². The molecule has 0 radical (unpaired) electrons. The van der Waals surface area contributed by atoms with E-state index in [4.69, 9.17) is 28.9 Å². The Balaban J connectivity index is 2.26. The molecule has 2 rings (SSSR count). The molecule has 106 valence electrons. The first-order chi connectivity index (χ1) is 9.60. The number of nitrogens with two attached hydrogens (primary N) is 1. The Labute approximate surface area is 129 Å². The van der Waals surface area contributed by atoms with E-state index in [0.29, 0.717) is 16.6 Å². The summed E-state index contributed by atoms with van der Waals surface area (Å²) in [4.78, 5) is 6.48. The second kappa shape index (κ2) is 6.82. The molecule has 0 spiro atoms. The first-order valence-electron chi connectivity index (χ1n) is 6.50. The Morgan fingerprint density at radius 2 is 2.05 bits per heavy atom. The zero-order valence-corrected chi connectivity index (χ0v) is 12.8. The standard InChI is InChI=1S/C15H17Cl2N3/c1-2-6-20(10-11-4-3-5-13(18)7-11)15-14(17)8-12(16)9-19-15/h3-5,7-9H,2,6,10,18H2,1H3. The maximum absolute atomic E-state index is 6.24. The number of pyridine rings is 1. The van der Waals surface area contributed by atoms with Gasteiger partial charge in [0.05, 0.1) is 10.0 Å². The molecule has 1 aromatic heterocycles. The molecule has 1 aromatic carbocycles. The van der Waals surface area contributed by atoms with Gasteiger partial charge in [-0.3, -0.25) is 0 Å². The van der Waals surface area contributed by atoms with E-state index in [1.165, 1.54) is 0 Å². The van der Waals surface area contributed by atoms with Gasteiger partial charge in [-0.2, -0.15) is 0 Å². The Bertz CT molecular complexity index is 587. The Kier molecular flexibility index (Phi) is 5.10. The van der Waals surface area contributed by atoms with Crippen LogP contribution in [0, 0.1) is 0 Å². The number of halogens is 2. The van der Waals surface area contributed by atoms with Crippen molar-refractivity contribution >= 4 is 34.7 Å². The van der Waals surface area contributed by atoms with Crippen LogP contribution in [0.5, 0.6) is 0 Å². The molecule has 0 atom stereocenters. The highest BCUT2D eigenvalue weighted by Gasteiger charge is 2.12. The zero-order chi connectivity index (χ0) is 14.5. The van der Waals surface area contributed by atoms with Crippen LogP contribution in [0.25, 0.3) is 0 Å². The third-order valence-electron chi connectivity index (χ3n) is 2.91. The van der Waals surface area contributed by atoms with Gasteiger partial charge in [0.2, 0.25) is 0 Å². The highest BCUT2D eigenvalue weighted by molar-refractivity contribution is 6.36. The smallest absolute Gasteiger partial charge is 0.147 e. The quantitative estimate of drug-likeness (QED) is 0.833. The van der Waals surface area contributed by atoms with Gasteiger partial charge in [-0.05, 0) is 30.2 Å². The summed E-state index contributed by atoms with van der Waals surface area (Å²) in [6.45, 7) is 3.70. The number of nitrogens with zero attached hydrogens (tertiary/aromatic N) is 2. The van der Waals surface area contributed by atoms with E-state index in [1.54, 1.807) is 12.3 Å². The second-order valence-electron chi connectivity index (χ2n) is 4.63. The van der Waals surface area contributed by atoms with E-state index in [9.17, 15) is 0 Å². The van der Waals surface area contributed by atoms with Gasteiger partial charge in [0.15, 0.2) is 0 Å². The molecule has 0 saturated carbocycles. The molecule has 1 heterocycles. The van der Waals surface area contributed by atoms with Gasteiger partial charge in [0.25, 0.3) is 0 Å². The Morgan fingerprint density at radius 3 is 2.70 bits per heavy atom. The van der Waals surface area contributed by atoms with E-state index in [2.05, 4.69) is 16.8 Å². The fourth-order valence-corrected chi connectivity index (χ4v) is 2.58. The summed E-state index contributed by atoms with van der Waals surface area (Å²) in [5, 5.41) is 1.11. The molecular weight excluding hydrogens is 293 g/mol. The third-order valence-corrected chi connectivity index (χ3v) is 3.39. The first kappa shape index (κ1) is 14.9. The van der Waals surface area contributed by atoms with Crippen LogP contribution in [0.1, 0.15) is 18.9 Å². The third kappa shape index (κ3) is 3.78. The summed E-state index contributed by atoms with van der Waals surface area (Å²) in [6, 6.07) is 9.55. The molecule has 0 fully saturated rings. The van der Waals surface area contributed by atoms with Crippen LogP contribution >= 0.6 is 23.2 Å². The van der Waals surface area contributed by atoms with Gasteiger partial charge in [-0.15, -0.1) is 0 Å². The van der Waals surface area contributed by atoms with E-state index in [1.807, 2.05) is 24.3 Å². The molecule has 0 saturated heterocycles. The molecule has 0 amide bonds. The highest BCUT2D eigenvalue weighted by Crippen LogP contribution is 2.27. The van der Waals surface area contributed by atoms with Crippen molar-refractivity contribution in [1.82, 2.24) is 4.98 Å². The molecule has 20 heavy (non-hydrogen) atoms. The number of hydrogen-bond donors (Lipinski definition) is 1. The predicted octanol–water partition coefficient (Wildman–Crippen LogP) is 4.39. The topological polar surface area (TPSA) is 42.1 Å². The summed E-state index contributed by atoms with van der Waals surface area (Å²) < 4.78 is 0. The summed E-state index contributed by atoms with van der Waals surface area (Å²) in [5.41, 5.74) is 7.71. The average molecular weight is 310 g/mol. The SMILES string of the molecule is CCCN(Cc1cccc(N)c1)c1ncc(Cl)cc1Cl. The molecule has 2 N–H and O–H groups in total. The lowest BCUT2D eigenvalue weighted by Crippen LogP contribution is -2.24. The molecule has 0 aliphatic carbocycles. The first-order valence-corrected chi connectivity index (χ1v) is 7.26. The molecular formula is C15H17Cl2N3. The Hall–Kier alpha value is -1.45. The van der Waals surface area contributed by atoms with E-state index in [0.717, 1.165) is 30.0 Å². The largest absolute Gasteiger partial charge is 0.399 e. The van der Waals surface area contributed by atoms with Gasteiger partial charge in [0.1, 0.15) is 5.82 Å². The fraction of sp³-hybridized carbons (Fsp3) is 0.267. The number of nitrogen functional groups attached to an aromatic ring is 1. The fourth-order valence-electron chi connectivity index (χ4n) is 2.08. The number of rotatable bonds is 5. The summed E-state index contributed by atoms with van der Waals surface area (Å²) >= 11 is 12.1. The van der Waals surface area contributed by atoms with Crippen molar-refractivity contribution in [3.05, 3.63) is 52.1 Å². The maximum Gasteiger partial charge on any atom is 0.147 e. The monoisotopic (exact) mass is 309 g/mol. The molecule has 2 aromatic rings. The van der Waals surface area contributed by atoms with Gasteiger partial charge in [-0.25, -0.2) is 4.98 Å². The number of benzene rings is 1. The lowest BCUT2D eigenvalue weighted by Gasteiger charge is -2.24. The van der Waals surface area contributed by atoms with E-state index >= 15 is 0 Å². The lowest BCUT2D eigenvalue weighted by atomic mass is 10.2. The molecule has 0 bridgehead atoms. The highest BCUT2D eigenvalue weighted by atomic mass is 35.5. The lowest BCUT2D eigenvalue weighted by molar-refractivity contribution is 0.755. The van der Waals surface area contributed by atoms with E-state index in [-0.39, 0.29) is 0 Å². The Morgan fingerprint density at radius 1 is 1.25 bits per heavy atom. The van der Waals surface area contributed by atoms with Gasteiger partial charge >= 0.3 is 0 Å². The van der Waals surface area contributed by atoms with Crippen LogP contribution in [0.4, 0.5) is 11.5 Å². The number of anilines is 2. The van der Waals surface area contributed by atoms with Crippen LogP contribution in [0.3, 0.4) is 0 Å². The van der Waals surface area contributed by atoms with Crippen LogP contribution in [-0.4, -0.2) is 11.5 Å². The van der Waals surface area contributed by atoms with Crippen molar-refractivity contribution in [2.24, 2.45) is 0 Å². The normalized spacial score (nSPS) is 10.6. The summed E-state index contributed by atoms with van der Waals surface area (Å²) in [7, 11) is 0. The van der Waals surface area contributed by atoms with Crippen molar-refractivity contribution in [3.63, 3.8) is 0 Å². The van der Waals surface area contributed by atoms with Gasteiger partial charge in [-0.1, -0.05) is 42.3 Å². The maximum atomic E-state index is 6.24. The molecule has 5 heteroatoms. The van der Waals surface area contributed by atoms with Crippen molar-refractivity contribution < 1.29 is 0 Å². The number of aromatic nitrogens is 1. The summed E-state index contributed by atoms with van der Waals surface area (Å²) in [5.74, 6) is 0.750. The molecule has 3 nitrogen and oxygen atoms in total. The van der Waals surface area contributed by atoms with Crippen molar-refractivity contribution in [2.45, 2.75) is 19.9 Å². The van der Waals surface area contributed by atoms with Crippen molar-refractivity contribution in [2.75, 3.05) is 17.2 Å². The predicted molar refractivity (Wildman–Crippen MR) is 86.5 cm³/mol. The van der Waals surface area contributed by atoms with Crippen molar-refractivity contribution in [3.8, 4) is 0 Å². The number of hydrogen-bond acceptors (Lipinski definition) is 3. The zero-order valence-electron chi connectivity index (χ0n) is 11.3. The minimum atomic E-state index is 0.541. The van der Waals surface area contributed by atoms with Crippen LogP contribution in [0.15, 0.2) is 36.5 Å². The molecule has 0 unspecified atom stereocenters. The minimum Gasteiger partial charge on any atom is -0.399 e. The van der Waals surface area contributed by atoms with Crippen LogP contribution in [0.2, 0.25) is 10.0 Å². The van der Waals surface area contributed by atoms with Gasteiger partial charge < -0.3 is 10.6 Å². The molecule has 0 aliphatic heterocycles. The van der Waals surface area contributed by atoms with Crippen LogP contribution < -0.4 is 10.6 Å². The van der Waals surface area contributed by atoms with Crippen molar-refractivity contribution in [1.29, 1.82) is 0 Å². The van der Waals surface area contributed by atoms with Crippen LogP contribution in [-0.2, 0) is 6.54 Å².